The van der Waals surface area contributed by atoms with Crippen LogP contribution in [0.25, 0.3) is 0 Å². The van der Waals surface area contributed by atoms with Gasteiger partial charge in [-0.1, -0.05) is 67.7 Å². The van der Waals surface area contributed by atoms with Gasteiger partial charge in [0.15, 0.2) is 0 Å². The van der Waals surface area contributed by atoms with Crippen LogP contribution in [0.1, 0.15) is 37.5 Å². The predicted octanol–water partition coefficient (Wildman–Crippen LogP) is 5.30. The van der Waals surface area contributed by atoms with Gasteiger partial charge in [0, 0.05) is 5.25 Å². The number of thiocarbonyl (C=S) groups is 1. The Morgan fingerprint density at radius 1 is 1.31 bits per heavy atom. The minimum absolute atomic E-state index is 0.461. The van der Waals surface area contributed by atoms with Gasteiger partial charge in [-0.05, 0) is 24.7 Å². The van der Waals surface area contributed by atoms with Gasteiger partial charge in [0.05, 0.1) is 0 Å². The molecule has 1 aromatic carbocycles. The quantitative estimate of drug-likeness (QED) is 0.526. The molecule has 1 aromatic rings. The highest BCUT2D eigenvalue weighted by molar-refractivity contribution is 8.47. The number of rotatable bonds is 5. The maximum atomic E-state index is 5.37. The lowest BCUT2D eigenvalue weighted by atomic mass is 10.2. The normalized spacial score (nSPS) is 12.4. The van der Waals surface area contributed by atoms with Gasteiger partial charge in [0.1, 0.15) is 3.53 Å². The van der Waals surface area contributed by atoms with Crippen LogP contribution in [0.4, 0.5) is 0 Å². The van der Waals surface area contributed by atoms with Gasteiger partial charge in [-0.2, -0.15) is 0 Å². The summed E-state index contributed by atoms with van der Waals surface area (Å²) in [6, 6.07) is 10.5. The summed E-state index contributed by atoms with van der Waals surface area (Å²) in [7, 11) is 0. The van der Waals surface area contributed by atoms with Crippen LogP contribution in [0, 0.1) is 0 Å². The van der Waals surface area contributed by atoms with Crippen LogP contribution in [0.2, 0.25) is 0 Å². The second-order valence-electron chi connectivity index (χ2n) is 3.62. The van der Waals surface area contributed by atoms with Crippen molar-refractivity contribution in [2.45, 2.75) is 31.9 Å². The Bertz CT molecular complexity index is 308. The second kappa shape index (κ2) is 8.15. The average molecular weight is 270 g/mol. The van der Waals surface area contributed by atoms with E-state index < -0.39 is 0 Å². The minimum atomic E-state index is 0.461. The summed E-state index contributed by atoms with van der Waals surface area (Å²) >= 11 is 8.99. The molecule has 0 amide bonds. The molecular formula is C13H18S3. The van der Waals surface area contributed by atoms with Gasteiger partial charge in [-0.15, -0.1) is 11.8 Å². The molecule has 16 heavy (non-hydrogen) atoms. The lowest BCUT2D eigenvalue weighted by Gasteiger charge is -2.11. The van der Waals surface area contributed by atoms with Gasteiger partial charge in [-0.3, -0.25) is 0 Å². The fourth-order valence-electron chi connectivity index (χ4n) is 1.27. The second-order valence-corrected chi connectivity index (χ2v) is 7.26. The first kappa shape index (κ1) is 14.1. The van der Waals surface area contributed by atoms with Crippen LogP contribution in [-0.4, -0.2) is 9.28 Å². The lowest BCUT2D eigenvalue weighted by molar-refractivity contribution is 0.898. The summed E-state index contributed by atoms with van der Waals surface area (Å²) < 4.78 is 1.07. The molecule has 0 spiro atoms. The molecule has 0 saturated heterocycles. The molecule has 1 atom stereocenters. The highest BCUT2D eigenvalue weighted by atomic mass is 32.2. The summed E-state index contributed by atoms with van der Waals surface area (Å²) in [6.07, 6.45) is 2.50. The van der Waals surface area contributed by atoms with Crippen LogP contribution in [0.3, 0.4) is 0 Å². The van der Waals surface area contributed by atoms with Gasteiger partial charge in [-0.25, -0.2) is 0 Å². The monoisotopic (exact) mass is 270 g/mol. The fourth-order valence-corrected chi connectivity index (χ4v) is 4.09. The van der Waals surface area contributed by atoms with Crippen LogP contribution in [0.15, 0.2) is 30.3 Å². The largest absolute Gasteiger partial charge is 0.108 e. The van der Waals surface area contributed by atoms with E-state index in [-0.39, 0.29) is 0 Å². The highest BCUT2D eigenvalue weighted by Gasteiger charge is 2.08. The average Bonchev–Trinajstić information content (AvgIpc) is 2.30. The van der Waals surface area contributed by atoms with Crippen molar-refractivity contribution in [1.82, 2.24) is 0 Å². The van der Waals surface area contributed by atoms with E-state index in [1.165, 1.54) is 18.4 Å². The van der Waals surface area contributed by atoms with Crippen molar-refractivity contribution in [2.75, 3.05) is 5.75 Å². The first-order valence-corrected chi connectivity index (χ1v) is 7.89. The highest BCUT2D eigenvalue weighted by Crippen LogP contribution is 2.33. The van der Waals surface area contributed by atoms with E-state index >= 15 is 0 Å². The van der Waals surface area contributed by atoms with E-state index in [1.54, 1.807) is 11.8 Å². The standard InChI is InChI=1S/C13H18S3/c1-3-4-10-15-13(14)16-11(2)12-8-6-5-7-9-12/h5-9,11H,3-4,10H2,1-2H3. The zero-order valence-electron chi connectivity index (χ0n) is 9.81. The molecule has 0 radical (unpaired) electrons. The third kappa shape index (κ3) is 5.37. The third-order valence-corrected chi connectivity index (χ3v) is 5.09. The first-order valence-electron chi connectivity index (χ1n) is 5.62. The van der Waals surface area contributed by atoms with E-state index in [4.69, 9.17) is 12.2 Å². The summed E-state index contributed by atoms with van der Waals surface area (Å²) in [5, 5.41) is 0.461. The predicted molar refractivity (Wildman–Crippen MR) is 82.4 cm³/mol. The molecule has 0 aromatic heterocycles. The van der Waals surface area contributed by atoms with Gasteiger partial charge in [0.2, 0.25) is 0 Å². The smallest absolute Gasteiger partial charge is 0.104 e. The SMILES string of the molecule is CCCCSC(=S)SC(C)c1ccccc1. The Morgan fingerprint density at radius 3 is 2.62 bits per heavy atom. The first-order chi connectivity index (χ1) is 7.74. The molecule has 0 aliphatic rings. The van der Waals surface area contributed by atoms with Crippen molar-refractivity contribution in [1.29, 1.82) is 0 Å². The van der Waals surface area contributed by atoms with E-state index in [1.807, 2.05) is 11.8 Å². The number of hydrogen-bond acceptors (Lipinski definition) is 3. The Labute approximate surface area is 113 Å². The van der Waals surface area contributed by atoms with E-state index in [0.29, 0.717) is 5.25 Å². The molecule has 1 rings (SSSR count). The van der Waals surface area contributed by atoms with Crippen molar-refractivity contribution in [3.8, 4) is 0 Å². The van der Waals surface area contributed by atoms with Gasteiger partial charge >= 0.3 is 0 Å². The van der Waals surface area contributed by atoms with Crippen molar-refractivity contribution >= 4 is 39.3 Å². The van der Waals surface area contributed by atoms with E-state index in [9.17, 15) is 0 Å². The molecule has 0 aliphatic carbocycles. The molecule has 0 N–H and O–H groups in total. The van der Waals surface area contributed by atoms with E-state index in [0.717, 1.165) is 9.28 Å². The molecule has 0 heterocycles. The maximum Gasteiger partial charge on any atom is 0.104 e. The Kier molecular flexibility index (Phi) is 7.17. The van der Waals surface area contributed by atoms with E-state index in [2.05, 4.69) is 44.2 Å². The molecule has 0 saturated carbocycles. The topological polar surface area (TPSA) is 0 Å². The molecule has 1 unspecified atom stereocenters. The van der Waals surface area contributed by atoms with Gasteiger partial charge in [0.25, 0.3) is 0 Å². The van der Waals surface area contributed by atoms with Crippen molar-refractivity contribution in [3.63, 3.8) is 0 Å². The van der Waals surface area contributed by atoms with Crippen LogP contribution in [0.5, 0.6) is 0 Å². The van der Waals surface area contributed by atoms with Crippen molar-refractivity contribution < 1.29 is 0 Å². The molecule has 0 aliphatic heterocycles. The molecule has 3 heteroatoms. The van der Waals surface area contributed by atoms with Crippen molar-refractivity contribution in [3.05, 3.63) is 35.9 Å². The molecule has 0 bridgehead atoms. The van der Waals surface area contributed by atoms with Crippen LogP contribution in [-0.2, 0) is 0 Å². The minimum Gasteiger partial charge on any atom is -0.108 e. The Morgan fingerprint density at radius 2 is 2.00 bits per heavy atom. The molecule has 0 fully saturated rings. The zero-order chi connectivity index (χ0) is 11.8. The summed E-state index contributed by atoms with van der Waals surface area (Å²) in [5.74, 6) is 1.16. The van der Waals surface area contributed by atoms with Crippen molar-refractivity contribution in [2.24, 2.45) is 0 Å². The molecular weight excluding hydrogens is 252 g/mol. The number of hydrogen-bond donors (Lipinski definition) is 0. The van der Waals surface area contributed by atoms with Gasteiger partial charge < -0.3 is 0 Å². The zero-order valence-corrected chi connectivity index (χ0v) is 12.3. The summed E-state index contributed by atoms with van der Waals surface area (Å²) in [6.45, 7) is 4.43. The van der Waals surface area contributed by atoms with Crippen LogP contribution < -0.4 is 0 Å². The molecule has 88 valence electrons. The fraction of sp³-hybridized carbons (Fsp3) is 0.462. The number of thioether (sulfide) groups is 2. The summed E-state index contributed by atoms with van der Waals surface area (Å²) in [5.41, 5.74) is 1.35. The Balaban J connectivity index is 2.34. The summed E-state index contributed by atoms with van der Waals surface area (Å²) in [4.78, 5) is 0. The third-order valence-electron chi connectivity index (χ3n) is 2.26. The lowest BCUT2D eigenvalue weighted by Crippen LogP contribution is -1.92. The Hall–Kier alpha value is 0.01000. The molecule has 0 nitrogen and oxygen atoms in total. The number of unbranched alkanes of at least 4 members (excludes halogenated alkanes) is 1. The van der Waals surface area contributed by atoms with Crippen LogP contribution >= 0.6 is 35.7 Å². The number of benzene rings is 1. The maximum absolute atomic E-state index is 5.37.